The molecule has 1 aromatic rings. The first-order chi connectivity index (χ1) is 10.3. The minimum Gasteiger partial charge on any atom is -0.444 e. The average Bonchev–Trinajstić information content (AvgIpc) is 2.98. The van der Waals surface area contributed by atoms with E-state index in [1.807, 2.05) is 37.9 Å². The Kier molecular flexibility index (Phi) is 5.16. The Labute approximate surface area is 133 Å². The van der Waals surface area contributed by atoms with Crippen molar-refractivity contribution in [2.45, 2.75) is 58.2 Å². The van der Waals surface area contributed by atoms with E-state index in [0.29, 0.717) is 12.1 Å². The molecule has 22 heavy (non-hydrogen) atoms. The highest BCUT2D eigenvalue weighted by Crippen LogP contribution is 2.25. The zero-order valence-corrected chi connectivity index (χ0v) is 14.4. The normalized spacial score (nSPS) is 21.0. The van der Waals surface area contributed by atoms with E-state index in [2.05, 4.69) is 29.9 Å². The van der Waals surface area contributed by atoms with Crippen LogP contribution in [0.3, 0.4) is 0 Å². The van der Waals surface area contributed by atoms with Gasteiger partial charge in [-0.25, -0.2) is 4.79 Å². The van der Waals surface area contributed by atoms with Gasteiger partial charge < -0.3 is 14.6 Å². The summed E-state index contributed by atoms with van der Waals surface area (Å²) in [4.78, 5) is 19.7. The largest absolute Gasteiger partial charge is 0.444 e. The van der Waals surface area contributed by atoms with Crippen LogP contribution in [0.15, 0.2) is 18.3 Å². The molecule has 2 heterocycles. The van der Waals surface area contributed by atoms with Gasteiger partial charge in [-0.15, -0.1) is 0 Å². The Balaban J connectivity index is 1.96. The molecule has 1 fully saturated rings. The van der Waals surface area contributed by atoms with E-state index in [0.717, 1.165) is 25.9 Å². The van der Waals surface area contributed by atoms with Gasteiger partial charge in [0.1, 0.15) is 5.60 Å². The number of nitrogens with one attached hydrogen (secondary N) is 1. The number of likely N-dealkylation sites (tertiary alicyclic amines) is 1. The number of H-pyrrole nitrogens is 1. The zero-order chi connectivity index (χ0) is 16.3. The van der Waals surface area contributed by atoms with Gasteiger partial charge in [0.15, 0.2) is 0 Å². The number of rotatable bonds is 3. The number of likely N-dealkylation sites (N-methyl/N-ethyl adjacent to an activating group) is 1. The minimum absolute atomic E-state index is 0.196. The van der Waals surface area contributed by atoms with Crippen LogP contribution in [0.4, 0.5) is 4.79 Å². The van der Waals surface area contributed by atoms with Gasteiger partial charge in [0.25, 0.3) is 0 Å². The molecule has 0 bridgehead atoms. The first-order valence-corrected chi connectivity index (χ1v) is 8.11. The van der Waals surface area contributed by atoms with E-state index in [4.69, 9.17) is 4.74 Å². The standard InChI is InChI=1S/C17H29N3O2/c1-13(15-9-6-10-18-15)19(5)14-8-7-11-20(12-14)16(21)22-17(2,3)4/h6,9-10,13-14,18H,7-8,11-12H2,1-5H3/t13-,14+/m0/s1. The van der Waals surface area contributed by atoms with E-state index in [-0.39, 0.29) is 6.09 Å². The first-order valence-electron chi connectivity index (χ1n) is 8.11. The van der Waals surface area contributed by atoms with E-state index in [1.54, 1.807) is 0 Å². The Morgan fingerprint density at radius 1 is 1.50 bits per heavy atom. The predicted octanol–water partition coefficient (Wildman–Crippen LogP) is 3.41. The molecule has 1 amide bonds. The van der Waals surface area contributed by atoms with E-state index < -0.39 is 5.60 Å². The van der Waals surface area contributed by atoms with Crippen molar-refractivity contribution in [1.82, 2.24) is 14.8 Å². The van der Waals surface area contributed by atoms with Crippen molar-refractivity contribution in [3.8, 4) is 0 Å². The molecule has 2 rings (SSSR count). The van der Waals surface area contributed by atoms with Crippen LogP contribution in [0.5, 0.6) is 0 Å². The number of piperidine rings is 1. The van der Waals surface area contributed by atoms with Crippen LogP contribution in [-0.2, 0) is 4.74 Å². The third-order valence-electron chi connectivity index (χ3n) is 4.31. The highest BCUT2D eigenvalue weighted by Gasteiger charge is 2.31. The number of aromatic nitrogens is 1. The SMILES string of the molecule is C[C@@H](c1ccc[nH]1)N(C)[C@@H]1CCCN(C(=O)OC(C)(C)C)C1. The topological polar surface area (TPSA) is 48.6 Å². The second kappa shape index (κ2) is 6.73. The number of aromatic amines is 1. The van der Waals surface area contributed by atoms with Gasteiger partial charge in [-0.3, -0.25) is 4.90 Å². The molecular weight excluding hydrogens is 278 g/mol. The van der Waals surface area contributed by atoms with Crippen molar-refractivity contribution >= 4 is 6.09 Å². The van der Waals surface area contributed by atoms with Gasteiger partial charge in [0, 0.05) is 37.1 Å². The van der Waals surface area contributed by atoms with Crippen LogP contribution in [0.2, 0.25) is 0 Å². The van der Waals surface area contributed by atoms with Crippen LogP contribution >= 0.6 is 0 Å². The van der Waals surface area contributed by atoms with Gasteiger partial charge in [0.2, 0.25) is 0 Å². The lowest BCUT2D eigenvalue weighted by Crippen LogP contribution is -2.50. The average molecular weight is 307 g/mol. The molecule has 0 unspecified atom stereocenters. The van der Waals surface area contributed by atoms with Gasteiger partial charge >= 0.3 is 6.09 Å². The van der Waals surface area contributed by atoms with Crippen LogP contribution in [-0.4, -0.2) is 52.7 Å². The highest BCUT2D eigenvalue weighted by molar-refractivity contribution is 5.68. The number of carbonyl (C=O) groups is 1. The molecule has 0 saturated carbocycles. The molecule has 1 aliphatic heterocycles. The molecule has 1 aromatic heterocycles. The lowest BCUT2D eigenvalue weighted by Gasteiger charge is -2.40. The fourth-order valence-corrected chi connectivity index (χ4v) is 2.92. The quantitative estimate of drug-likeness (QED) is 0.931. The Morgan fingerprint density at radius 3 is 2.82 bits per heavy atom. The molecule has 1 saturated heterocycles. The summed E-state index contributed by atoms with van der Waals surface area (Å²) in [5.41, 5.74) is 0.768. The number of amides is 1. The van der Waals surface area contributed by atoms with Crippen molar-refractivity contribution in [1.29, 1.82) is 0 Å². The second-order valence-corrected chi connectivity index (χ2v) is 7.19. The van der Waals surface area contributed by atoms with Crippen molar-refractivity contribution < 1.29 is 9.53 Å². The summed E-state index contributed by atoms with van der Waals surface area (Å²) in [5, 5.41) is 0. The van der Waals surface area contributed by atoms with Crippen molar-refractivity contribution in [2.75, 3.05) is 20.1 Å². The zero-order valence-electron chi connectivity index (χ0n) is 14.4. The molecule has 0 spiro atoms. The molecule has 0 aromatic carbocycles. The summed E-state index contributed by atoms with van der Waals surface area (Å²) >= 11 is 0. The fraction of sp³-hybridized carbons (Fsp3) is 0.706. The summed E-state index contributed by atoms with van der Waals surface area (Å²) in [5.74, 6) is 0. The maximum Gasteiger partial charge on any atom is 0.410 e. The smallest absolute Gasteiger partial charge is 0.410 e. The van der Waals surface area contributed by atoms with Crippen molar-refractivity contribution in [2.24, 2.45) is 0 Å². The molecule has 0 aliphatic carbocycles. The second-order valence-electron chi connectivity index (χ2n) is 7.19. The molecule has 124 valence electrons. The summed E-state index contributed by atoms with van der Waals surface area (Å²) < 4.78 is 5.50. The van der Waals surface area contributed by atoms with Gasteiger partial charge in [-0.2, -0.15) is 0 Å². The number of ether oxygens (including phenoxy) is 1. The van der Waals surface area contributed by atoms with Crippen LogP contribution in [0.25, 0.3) is 0 Å². The lowest BCUT2D eigenvalue weighted by atomic mass is 10.0. The summed E-state index contributed by atoms with van der Waals surface area (Å²) in [6.07, 6.45) is 3.89. The van der Waals surface area contributed by atoms with E-state index in [1.165, 1.54) is 5.69 Å². The molecule has 5 nitrogen and oxygen atoms in total. The molecule has 1 aliphatic rings. The van der Waals surface area contributed by atoms with Crippen LogP contribution in [0.1, 0.15) is 52.3 Å². The maximum absolute atomic E-state index is 12.3. The molecule has 5 heteroatoms. The number of nitrogens with zero attached hydrogens (tertiary/aromatic N) is 2. The van der Waals surface area contributed by atoms with Crippen LogP contribution < -0.4 is 0 Å². The number of hydrogen-bond donors (Lipinski definition) is 1. The summed E-state index contributed by atoms with van der Waals surface area (Å²) in [7, 11) is 2.13. The first kappa shape index (κ1) is 16.9. The van der Waals surface area contributed by atoms with Gasteiger partial charge in [-0.05, 0) is 59.7 Å². The van der Waals surface area contributed by atoms with Gasteiger partial charge in [0.05, 0.1) is 0 Å². The predicted molar refractivity (Wildman–Crippen MR) is 87.8 cm³/mol. The summed E-state index contributed by atoms with van der Waals surface area (Å²) in [6.45, 7) is 9.44. The lowest BCUT2D eigenvalue weighted by molar-refractivity contribution is 0.00961. The molecule has 0 radical (unpaired) electrons. The monoisotopic (exact) mass is 307 g/mol. The van der Waals surface area contributed by atoms with Crippen LogP contribution in [0, 0.1) is 0 Å². The molecular formula is C17H29N3O2. The third-order valence-corrected chi connectivity index (χ3v) is 4.31. The fourth-order valence-electron chi connectivity index (χ4n) is 2.92. The van der Waals surface area contributed by atoms with Crippen molar-refractivity contribution in [3.05, 3.63) is 24.0 Å². The Morgan fingerprint density at radius 2 is 2.23 bits per heavy atom. The van der Waals surface area contributed by atoms with E-state index >= 15 is 0 Å². The van der Waals surface area contributed by atoms with Crippen molar-refractivity contribution in [3.63, 3.8) is 0 Å². The maximum atomic E-state index is 12.3. The van der Waals surface area contributed by atoms with Gasteiger partial charge in [-0.1, -0.05) is 0 Å². The number of carbonyl (C=O) groups excluding carboxylic acids is 1. The number of hydrogen-bond acceptors (Lipinski definition) is 3. The van der Waals surface area contributed by atoms with E-state index in [9.17, 15) is 4.79 Å². The Hall–Kier alpha value is -1.49. The highest BCUT2D eigenvalue weighted by atomic mass is 16.6. The summed E-state index contributed by atoms with van der Waals surface area (Å²) in [6, 6.07) is 4.79. The third kappa shape index (κ3) is 4.26. The Bertz CT molecular complexity index is 479. The minimum atomic E-state index is -0.437. The molecule has 1 N–H and O–H groups in total. The molecule has 2 atom stereocenters.